The second kappa shape index (κ2) is 4.89. The van der Waals surface area contributed by atoms with E-state index in [0.29, 0.717) is 0 Å². The van der Waals surface area contributed by atoms with Crippen molar-refractivity contribution in [2.75, 3.05) is 14.1 Å². The number of rotatable bonds is 4. The molecule has 0 atom stereocenters. The van der Waals surface area contributed by atoms with Gasteiger partial charge in [-0.05, 0) is 26.2 Å². The molecule has 0 aromatic carbocycles. The number of hydrogen-bond acceptors (Lipinski definition) is 4. The molecule has 0 radical (unpaired) electrons. The van der Waals surface area contributed by atoms with Crippen LogP contribution in [0.15, 0.2) is 12.3 Å². The van der Waals surface area contributed by atoms with E-state index in [-0.39, 0.29) is 0 Å². The highest BCUT2D eigenvalue weighted by Gasteiger charge is 1.99. The van der Waals surface area contributed by atoms with Gasteiger partial charge < -0.3 is 4.90 Å². The number of carbonyl (C=O) groups excluding carboxylic acids is 1. The van der Waals surface area contributed by atoms with E-state index in [4.69, 9.17) is 0 Å². The smallest absolute Gasteiger partial charge is 0.142 e. The number of nitrogens with zero attached hydrogens (tertiary/aromatic N) is 2. The van der Waals surface area contributed by atoms with Gasteiger partial charge in [0.25, 0.3) is 0 Å². The molecule has 0 aliphatic heterocycles. The number of carbonyl (C=O) groups is 1. The van der Waals surface area contributed by atoms with Crippen LogP contribution in [-0.2, 0) is 11.3 Å². The summed E-state index contributed by atoms with van der Waals surface area (Å²) in [5, 5.41) is 0.879. The fourth-order valence-electron chi connectivity index (χ4n) is 0.906. The van der Waals surface area contributed by atoms with Gasteiger partial charge in [-0.2, -0.15) is 0 Å². The molecule has 1 aromatic heterocycles. The zero-order valence-electron chi connectivity index (χ0n) is 7.73. The lowest BCUT2D eigenvalue weighted by Crippen LogP contribution is -2.09. The summed E-state index contributed by atoms with van der Waals surface area (Å²) in [4.78, 5) is 17.5. The Morgan fingerprint density at radius 2 is 2.38 bits per heavy atom. The van der Waals surface area contributed by atoms with E-state index in [2.05, 4.69) is 9.88 Å². The third-order valence-electron chi connectivity index (χ3n) is 1.36. The molecule has 0 saturated carbocycles. The molecule has 0 unspecified atom stereocenters. The lowest BCUT2D eigenvalue weighted by atomic mass is 10.5. The quantitative estimate of drug-likeness (QED) is 0.539. The van der Waals surface area contributed by atoms with E-state index in [9.17, 15) is 4.79 Å². The van der Waals surface area contributed by atoms with E-state index < -0.39 is 0 Å². The molecule has 70 valence electrons. The average molecular weight is 196 g/mol. The largest absolute Gasteiger partial charge is 0.304 e. The van der Waals surface area contributed by atoms with Gasteiger partial charge >= 0.3 is 0 Å². The fraction of sp³-hybridized carbons (Fsp3) is 0.333. The lowest BCUT2D eigenvalue weighted by Gasteiger charge is -2.05. The summed E-state index contributed by atoms with van der Waals surface area (Å²) >= 11 is 1.60. The molecular weight excluding hydrogens is 184 g/mol. The van der Waals surface area contributed by atoms with Gasteiger partial charge in [-0.3, -0.25) is 4.79 Å². The van der Waals surface area contributed by atoms with Crippen molar-refractivity contribution in [3.63, 3.8) is 0 Å². The Morgan fingerprint density at radius 1 is 1.62 bits per heavy atom. The van der Waals surface area contributed by atoms with Crippen LogP contribution in [0.2, 0.25) is 0 Å². The summed E-state index contributed by atoms with van der Waals surface area (Å²) in [6.07, 6.45) is 5.78. The Kier molecular flexibility index (Phi) is 3.79. The summed E-state index contributed by atoms with van der Waals surface area (Å²) in [6.45, 7) is 0.895. The normalized spacial score (nSPS) is 11.3. The van der Waals surface area contributed by atoms with Crippen LogP contribution in [0.25, 0.3) is 6.08 Å². The van der Waals surface area contributed by atoms with Crippen LogP contribution in [0, 0.1) is 0 Å². The molecule has 1 rings (SSSR count). The summed E-state index contributed by atoms with van der Waals surface area (Å²) in [5.74, 6) is 0. The highest BCUT2D eigenvalue weighted by molar-refractivity contribution is 7.12. The molecule has 0 amide bonds. The minimum absolute atomic E-state index is 0.757. The van der Waals surface area contributed by atoms with Crippen molar-refractivity contribution in [2.24, 2.45) is 0 Å². The molecule has 1 aromatic rings. The molecule has 0 aliphatic rings. The number of allylic oxidation sites excluding steroid dienone is 1. The van der Waals surface area contributed by atoms with Gasteiger partial charge in [0, 0.05) is 17.6 Å². The Morgan fingerprint density at radius 3 is 3.00 bits per heavy atom. The van der Waals surface area contributed by atoms with Gasteiger partial charge in [-0.25, -0.2) is 4.98 Å². The van der Waals surface area contributed by atoms with Gasteiger partial charge in [0.15, 0.2) is 0 Å². The summed E-state index contributed by atoms with van der Waals surface area (Å²) in [5.41, 5.74) is 0. The van der Waals surface area contributed by atoms with Crippen LogP contribution >= 0.6 is 11.3 Å². The number of aldehydes is 1. The number of aromatic nitrogens is 1. The molecule has 1 heterocycles. The van der Waals surface area contributed by atoms with Crippen molar-refractivity contribution < 1.29 is 4.79 Å². The molecule has 4 heteroatoms. The van der Waals surface area contributed by atoms with Gasteiger partial charge in [0.05, 0.1) is 0 Å². The molecular formula is C9H12N2OS. The molecule has 13 heavy (non-hydrogen) atoms. The van der Waals surface area contributed by atoms with Crippen molar-refractivity contribution in [2.45, 2.75) is 6.54 Å². The maximum absolute atomic E-state index is 10.0. The second-order valence-corrected chi connectivity index (χ2v) is 4.04. The molecule has 0 N–H and O–H groups in total. The van der Waals surface area contributed by atoms with Crippen LogP contribution in [0.5, 0.6) is 0 Å². The zero-order chi connectivity index (χ0) is 9.68. The Balaban J connectivity index is 2.63. The molecule has 0 bridgehead atoms. The van der Waals surface area contributed by atoms with Gasteiger partial charge in [-0.15, -0.1) is 11.3 Å². The van der Waals surface area contributed by atoms with E-state index in [1.807, 2.05) is 20.3 Å². The Labute approximate surface area is 81.7 Å². The van der Waals surface area contributed by atoms with Crippen LogP contribution in [0.1, 0.15) is 9.88 Å². The summed E-state index contributed by atoms with van der Waals surface area (Å²) < 4.78 is 0. The Hall–Kier alpha value is -1.00. The molecule has 3 nitrogen and oxygen atoms in total. The van der Waals surface area contributed by atoms with Gasteiger partial charge in [0.1, 0.15) is 11.3 Å². The van der Waals surface area contributed by atoms with Crippen molar-refractivity contribution in [3.05, 3.63) is 22.2 Å². The first-order valence-electron chi connectivity index (χ1n) is 3.93. The van der Waals surface area contributed by atoms with E-state index in [0.717, 1.165) is 17.8 Å². The van der Waals surface area contributed by atoms with Crippen molar-refractivity contribution in [3.8, 4) is 0 Å². The van der Waals surface area contributed by atoms with E-state index in [1.54, 1.807) is 17.4 Å². The monoisotopic (exact) mass is 196 g/mol. The summed E-state index contributed by atoms with van der Waals surface area (Å²) in [6, 6.07) is 0. The molecule has 0 spiro atoms. The highest BCUT2D eigenvalue weighted by Crippen LogP contribution is 2.15. The fourth-order valence-corrected chi connectivity index (χ4v) is 1.85. The average Bonchev–Trinajstić information content (AvgIpc) is 2.48. The summed E-state index contributed by atoms with van der Waals surface area (Å²) in [7, 11) is 4.03. The van der Waals surface area contributed by atoms with E-state index in [1.165, 1.54) is 11.0 Å². The van der Waals surface area contributed by atoms with Crippen LogP contribution in [0.4, 0.5) is 0 Å². The van der Waals surface area contributed by atoms with Crippen molar-refractivity contribution in [1.29, 1.82) is 0 Å². The van der Waals surface area contributed by atoms with Gasteiger partial charge in [-0.1, -0.05) is 0 Å². The predicted molar refractivity (Wildman–Crippen MR) is 54.6 cm³/mol. The maximum Gasteiger partial charge on any atom is 0.142 e. The number of hydrogen-bond donors (Lipinski definition) is 0. The minimum atomic E-state index is 0.757. The Bertz CT molecular complexity index is 304. The maximum atomic E-state index is 10.0. The predicted octanol–water partition coefficient (Wildman–Crippen LogP) is 1.42. The lowest BCUT2D eigenvalue weighted by molar-refractivity contribution is -0.104. The first-order chi connectivity index (χ1) is 6.22. The van der Waals surface area contributed by atoms with Crippen LogP contribution < -0.4 is 0 Å². The molecule has 0 saturated heterocycles. The van der Waals surface area contributed by atoms with Crippen molar-refractivity contribution >= 4 is 23.7 Å². The standard InChI is InChI=1S/C9H12N2OS/c1-11(2)7-8-6-10-9(13-8)4-3-5-12/h3-6H,7H2,1-2H3/b4-3+. The van der Waals surface area contributed by atoms with Crippen LogP contribution in [-0.4, -0.2) is 30.3 Å². The topological polar surface area (TPSA) is 33.2 Å². The van der Waals surface area contributed by atoms with Crippen molar-refractivity contribution in [1.82, 2.24) is 9.88 Å². The highest BCUT2D eigenvalue weighted by atomic mass is 32.1. The van der Waals surface area contributed by atoms with Gasteiger partial charge in [0.2, 0.25) is 0 Å². The minimum Gasteiger partial charge on any atom is -0.304 e. The molecule has 0 fully saturated rings. The third kappa shape index (κ3) is 3.48. The number of thiazole rings is 1. The van der Waals surface area contributed by atoms with Crippen LogP contribution in [0.3, 0.4) is 0 Å². The second-order valence-electron chi connectivity index (χ2n) is 2.90. The molecule has 0 aliphatic carbocycles. The zero-order valence-corrected chi connectivity index (χ0v) is 8.54. The third-order valence-corrected chi connectivity index (χ3v) is 2.31. The first-order valence-corrected chi connectivity index (χ1v) is 4.75. The first kappa shape index (κ1) is 10.1. The SMILES string of the molecule is CN(C)Cc1cnc(/C=C/C=O)s1. The van der Waals surface area contributed by atoms with E-state index >= 15 is 0 Å².